The fourth-order valence-electron chi connectivity index (χ4n) is 3.14. The smallest absolute Gasteiger partial charge is 0.177 e. The Kier molecular flexibility index (Phi) is 5.97. The molecule has 2 aliphatic rings. The molecule has 1 atom stereocenters. The highest BCUT2D eigenvalue weighted by atomic mass is 32.2. The summed E-state index contributed by atoms with van der Waals surface area (Å²) in [6.07, 6.45) is 2.68. The first kappa shape index (κ1) is 17.5. The van der Waals surface area contributed by atoms with E-state index in [1.165, 1.54) is 23.4 Å². The summed E-state index contributed by atoms with van der Waals surface area (Å²) in [5, 5.41) is 5.40. The molecule has 0 aromatic carbocycles. The van der Waals surface area contributed by atoms with E-state index >= 15 is 0 Å². The van der Waals surface area contributed by atoms with E-state index in [-0.39, 0.29) is 0 Å². The van der Waals surface area contributed by atoms with Crippen molar-refractivity contribution in [2.75, 3.05) is 32.6 Å². The average Bonchev–Trinajstić information content (AvgIpc) is 3.20. The van der Waals surface area contributed by atoms with Crippen molar-refractivity contribution in [1.29, 1.82) is 0 Å². The summed E-state index contributed by atoms with van der Waals surface area (Å²) < 4.78 is 13.2. The highest BCUT2D eigenvalue weighted by Crippen LogP contribution is 2.23. The Bertz CT molecular complexity index is 633. The molecule has 1 saturated heterocycles. The van der Waals surface area contributed by atoms with Gasteiger partial charge in [0.25, 0.3) is 0 Å². The van der Waals surface area contributed by atoms with Gasteiger partial charge in [-0.1, -0.05) is 11.8 Å². The van der Waals surface area contributed by atoms with Crippen molar-refractivity contribution in [3.63, 3.8) is 0 Å². The van der Waals surface area contributed by atoms with E-state index < -0.39 is 0 Å². The molecular formula is C17H26N4O2S. The number of hydrazone groups is 1. The molecule has 3 heterocycles. The van der Waals surface area contributed by atoms with E-state index in [4.69, 9.17) is 9.47 Å². The van der Waals surface area contributed by atoms with E-state index in [1.54, 1.807) is 18.9 Å². The van der Waals surface area contributed by atoms with Crippen LogP contribution in [0.2, 0.25) is 0 Å². The first-order valence-corrected chi connectivity index (χ1v) is 9.45. The Morgan fingerprint density at radius 2 is 2.38 bits per heavy atom. The van der Waals surface area contributed by atoms with E-state index in [2.05, 4.69) is 40.0 Å². The third kappa shape index (κ3) is 4.02. The summed E-state index contributed by atoms with van der Waals surface area (Å²) in [5.74, 6) is 0.836. The fourth-order valence-corrected chi connectivity index (χ4v) is 3.93. The maximum Gasteiger partial charge on any atom is 0.177 e. The number of aliphatic imine (C=N–C) groups is 1. The van der Waals surface area contributed by atoms with Gasteiger partial charge in [-0.3, -0.25) is 10.4 Å². The molecule has 132 valence electrons. The zero-order valence-corrected chi connectivity index (χ0v) is 15.5. The lowest BCUT2D eigenvalue weighted by molar-refractivity contribution is 0.0962. The molecule has 0 bridgehead atoms. The molecule has 24 heavy (non-hydrogen) atoms. The van der Waals surface area contributed by atoms with Crippen molar-refractivity contribution >= 4 is 22.6 Å². The van der Waals surface area contributed by atoms with Crippen LogP contribution < -0.4 is 5.43 Å². The molecule has 1 aromatic rings. The lowest BCUT2D eigenvalue weighted by atomic mass is 10.1. The van der Waals surface area contributed by atoms with Crippen LogP contribution in [0, 0.1) is 13.8 Å². The van der Waals surface area contributed by atoms with Crippen molar-refractivity contribution in [3.05, 3.63) is 23.0 Å². The van der Waals surface area contributed by atoms with Crippen LogP contribution in [-0.4, -0.2) is 54.2 Å². The van der Waals surface area contributed by atoms with Gasteiger partial charge in [0, 0.05) is 43.0 Å². The van der Waals surface area contributed by atoms with Crippen molar-refractivity contribution in [1.82, 2.24) is 9.99 Å². The Balaban J connectivity index is 1.70. The summed E-state index contributed by atoms with van der Waals surface area (Å²) in [5.41, 5.74) is 7.91. The molecule has 0 unspecified atom stereocenters. The number of rotatable bonds is 6. The minimum Gasteiger partial charge on any atom is -0.383 e. The van der Waals surface area contributed by atoms with Crippen LogP contribution in [0.25, 0.3) is 0 Å². The first-order valence-electron chi connectivity index (χ1n) is 8.46. The second-order valence-corrected chi connectivity index (χ2v) is 7.13. The van der Waals surface area contributed by atoms with Gasteiger partial charge in [-0.25, -0.2) is 0 Å². The predicted molar refractivity (Wildman–Crippen MR) is 99.2 cm³/mol. The molecule has 0 spiro atoms. The van der Waals surface area contributed by atoms with Gasteiger partial charge in [0.15, 0.2) is 5.17 Å². The normalized spacial score (nSPS) is 22.7. The summed E-state index contributed by atoms with van der Waals surface area (Å²) in [6.45, 7) is 7.46. The number of aromatic nitrogens is 1. The molecule has 3 rings (SSSR count). The van der Waals surface area contributed by atoms with Gasteiger partial charge in [0.1, 0.15) is 0 Å². The summed E-state index contributed by atoms with van der Waals surface area (Å²) >= 11 is 1.69. The number of hydrogen-bond acceptors (Lipinski definition) is 5. The standard InChI is InChI=1S/C17H26N4O2S/c1-12-9-15(13(2)21(12)10-14-5-4-7-23-14)16-11-24-17(20-19-16)18-6-8-22-3/h9,14H,4-8,10-11H2,1-3H3,(H,18,20)/t14-/m1/s1. The second kappa shape index (κ2) is 8.18. The van der Waals surface area contributed by atoms with Gasteiger partial charge < -0.3 is 14.0 Å². The molecule has 6 nitrogen and oxygen atoms in total. The average molecular weight is 350 g/mol. The lowest BCUT2D eigenvalue weighted by Crippen LogP contribution is -2.26. The molecule has 0 saturated carbocycles. The predicted octanol–water partition coefficient (Wildman–Crippen LogP) is 2.33. The Hall–Kier alpha value is -1.31. The van der Waals surface area contributed by atoms with Crippen LogP contribution in [0.3, 0.4) is 0 Å². The lowest BCUT2D eigenvalue weighted by Gasteiger charge is -2.17. The maximum absolute atomic E-state index is 5.79. The number of ether oxygens (including phenoxy) is 2. The molecular weight excluding hydrogens is 324 g/mol. The summed E-state index contributed by atoms with van der Waals surface area (Å²) in [6, 6.07) is 2.23. The topological polar surface area (TPSA) is 60.1 Å². The fraction of sp³-hybridized carbons (Fsp3) is 0.647. The van der Waals surface area contributed by atoms with Gasteiger partial charge >= 0.3 is 0 Å². The molecule has 1 fully saturated rings. The molecule has 2 aliphatic heterocycles. The minimum atomic E-state index is 0.350. The summed E-state index contributed by atoms with van der Waals surface area (Å²) in [4.78, 5) is 4.43. The van der Waals surface area contributed by atoms with Crippen LogP contribution in [-0.2, 0) is 16.0 Å². The van der Waals surface area contributed by atoms with Gasteiger partial charge in [-0.2, -0.15) is 5.10 Å². The largest absolute Gasteiger partial charge is 0.383 e. The molecule has 7 heteroatoms. The molecule has 0 amide bonds. The number of nitrogens with one attached hydrogen (secondary N) is 1. The molecule has 1 aromatic heterocycles. The van der Waals surface area contributed by atoms with E-state index in [0.29, 0.717) is 19.3 Å². The zero-order valence-electron chi connectivity index (χ0n) is 14.7. The van der Waals surface area contributed by atoms with E-state index in [0.717, 1.165) is 36.2 Å². The number of aryl methyl sites for hydroxylation is 1. The Morgan fingerprint density at radius 3 is 3.04 bits per heavy atom. The van der Waals surface area contributed by atoms with Crippen LogP contribution in [0.15, 0.2) is 16.2 Å². The Morgan fingerprint density at radius 1 is 1.50 bits per heavy atom. The van der Waals surface area contributed by atoms with Gasteiger partial charge in [0.05, 0.1) is 25.0 Å². The van der Waals surface area contributed by atoms with E-state index in [9.17, 15) is 0 Å². The van der Waals surface area contributed by atoms with E-state index in [1.807, 2.05) is 0 Å². The van der Waals surface area contributed by atoms with Crippen molar-refractivity contribution in [2.24, 2.45) is 10.1 Å². The third-order valence-electron chi connectivity index (χ3n) is 4.48. The maximum atomic E-state index is 5.79. The van der Waals surface area contributed by atoms with Gasteiger partial charge in [-0.05, 0) is 32.8 Å². The van der Waals surface area contributed by atoms with Crippen LogP contribution in [0.5, 0.6) is 0 Å². The summed E-state index contributed by atoms with van der Waals surface area (Å²) in [7, 11) is 1.68. The number of amidine groups is 1. The number of thioether (sulfide) groups is 1. The second-order valence-electron chi connectivity index (χ2n) is 6.17. The van der Waals surface area contributed by atoms with Crippen molar-refractivity contribution < 1.29 is 9.47 Å². The number of methoxy groups -OCH3 is 1. The highest BCUT2D eigenvalue weighted by Gasteiger charge is 2.22. The van der Waals surface area contributed by atoms with Gasteiger partial charge in [-0.15, -0.1) is 0 Å². The number of nitrogens with zero attached hydrogens (tertiary/aromatic N) is 3. The zero-order chi connectivity index (χ0) is 16.9. The van der Waals surface area contributed by atoms with Crippen LogP contribution in [0.1, 0.15) is 29.8 Å². The molecule has 0 aliphatic carbocycles. The van der Waals surface area contributed by atoms with Gasteiger partial charge in [0.2, 0.25) is 0 Å². The minimum absolute atomic E-state index is 0.350. The monoisotopic (exact) mass is 350 g/mol. The van der Waals surface area contributed by atoms with Crippen molar-refractivity contribution in [3.8, 4) is 0 Å². The first-order chi connectivity index (χ1) is 11.7. The number of hydrogen-bond donors (Lipinski definition) is 1. The Labute approximate surface area is 147 Å². The quantitative estimate of drug-likeness (QED) is 0.800. The van der Waals surface area contributed by atoms with Crippen LogP contribution in [0.4, 0.5) is 0 Å². The highest BCUT2D eigenvalue weighted by molar-refractivity contribution is 8.14. The molecule has 1 N–H and O–H groups in total. The SMILES string of the molecule is COCCN=C1NN=C(c2cc(C)n(C[C@H]3CCCO3)c2C)CS1. The third-order valence-corrected chi connectivity index (χ3v) is 5.39. The van der Waals surface area contributed by atoms with Crippen molar-refractivity contribution in [2.45, 2.75) is 39.3 Å². The van der Waals surface area contributed by atoms with Crippen LogP contribution >= 0.6 is 11.8 Å². The molecule has 0 radical (unpaired) electrons.